The smallest absolute Gasteiger partial charge is 0.0533 e. The molecule has 278 valence electrons. The predicted molar refractivity (Wildman–Crippen MR) is 198 cm³/mol. The van der Waals surface area contributed by atoms with Crippen molar-refractivity contribution in [2.45, 2.75) is 44.2 Å². The van der Waals surface area contributed by atoms with Gasteiger partial charge in [0.1, 0.15) is 0 Å². The van der Waals surface area contributed by atoms with E-state index in [2.05, 4.69) is 77.6 Å². The summed E-state index contributed by atoms with van der Waals surface area (Å²) in [4.78, 5) is 0. The molecule has 0 aromatic rings. The van der Waals surface area contributed by atoms with E-state index >= 15 is 0 Å². The topological polar surface area (TPSA) is 196 Å². The highest BCUT2D eigenvalue weighted by atomic mass is 15.1. The Morgan fingerprint density at radius 1 is 0.340 bits per heavy atom. The molecular weight excluding hydrogens is 592 g/mol. The molecule has 4 bridgehead atoms. The van der Waals surface area contributed by atoms with E-state index in [-0.39, 0.29) is 21.9 Å². The first-order valence-electron chi connectivity index (χ1n) is 18.9. The van der Waals surface area contributed by atoms with Crippen LogP contribution in [0.2, 0.25) is 0 Å². The lowest BCUT2D eigenvalue weighted by molar-refractivity contribution is 0.221. The van der Waals surface area contributed by atoms with Crippen molar-refractivity contribution in [3.8, 4) is 0 Å². The zero-order chi connectivity index (χ0) is 33.6. The maximum atomic E-state index is 6.61. The van der Waals surface area contributed by atoms with Gasteiger partial charge in [-0.25, -0.2) is 0 Å². The van der Waals surface area contributed by atoms with Gasteiger partial charge in [-0.1, -0.05) is 20.3 Å². The maximum Gasteiger partial charge on any atom is 0.0533 e. The van der Waals surface area contributed by atoms with Gasteiger partial charge in [-0.3, -0.25) is 0 Å². The Balaban J connectivity index is 0.000000256. The van der Waals surface area contributed by atoms with Gasteiger partial charge in [-0.2, -0.15) is 0 Å². The summed E-state index contributed by atoms with van der Waals surface area (Å²) in [7, 11) is 0. The molecule has 0 aliphatic carbocycles. The monoisotopic (exact) mass is 669 g/mol. The maximum absolute atomic E-state index is 6.61. The summed E-state index contributed by atoms with van der Waals surface area (Å²) in [5.41, 5.74) is 13.3. The number of fused-ring (bicyclic) bond motifs is 30. The van der Waals surface area contributed by atoms with Crippen LogP contribution in [0.5, 0.6) is 0 Å². The summed E-state index contributed by atoms with van der Waals surface area (Å²) < 4.78 is 0. The molecule has 6 fully saturated rings. The third-order valence-corrected chi connectivity index (χ3v) is 10.3. The summed E-state index contributed by atoms with van der Waals surface area (Å²) in [6, 6.07) is 0. The molecule has 47 heavy (non-hydrogen) atoms. The van der Waals surface area contributed by atoms with Crippen molar-refractivity contribution in [2.24, 2.45) is 22.3 Å². The molecule has 6 aliphatic rings. The molecule has 0 amide bonds. The van der Waals surface area contributed by atoms with E-state index in [9.17, 15) is 0 Å². The Kier molecular flexibility index (Phi) is 20.0. The van der Waals surface area contributed by atoms with Crippen LogP contribution in [-0.2, 0) is 0 Å². The van der Waals surface area contributed by atoms with Gasteiger partial charge in [-0.15, -0.1) is 0 Å². The van der Waals surface area contributed by atoms with Crippen LogP contribution < -0.4 is 75.3 Å². The highest BCUT2D eigenvalue weighted by Crippen LogP contribution is 2.22. The SMILES string of the molecule is CCC12CNCCNCC(N)(CNCCNC1)CNCCNC2.CCCC12CNCCNCC(N)(CNCCNC1)CNCCNC2. The first-order chi connectivity index (χ1) is 22.9. The van der Waals surface area contributed by atoms with Gasteiger partial charge in [0.15, 0.2) is 0 Å². The minimum absolute atomic E-state index is 0.249. The quantitative estimate of drug-likeness (QED) is 0.138. The van der Waals surface area contributed by atoms with Crippen molar-refractivity contribution >= 4 is 0 Å². The average Bonchev–Trinajstić information content (AvgIpc) is 3.06. The molecule has 0 aromatic carbocycles. The largest absolute Gasteiger partial charge is 0.322 e. The highest BCUT2D eigenvalue weighted by molar-refractivity contribution is 4.94. The van der Waals surface area contributed by atoms with Crippen LogP contribution in [-0.4, -0.2) is 168 Å². The van der Waals surface area contributed by atoms with Crippen molar-refractivity contribution in [1.82, 2.24) is 63.8 Å². The molecule has 14 nitrogen and oxygen atoms in total. The zero-order valence-electron chi connectivity index (χ0n) is 30.2. The molecule has 14 heteroatoms. The second-order valence-electron chi connectivity index (χ2n) is 14.9. The number of hydrogen-bond acceptors (Lipinski definition) is 14. The van der Waals surface area contributed by atoms with E-state index in [1.54, 1.807) is 0 Å². The lowest BCUT2D eigenvalue weighted by Crippen LogP contribution is -2.62. The summed E-state index contributed by atoms with van der Waals surface area (Å²) in [5.74, 6) is 0. The second kappa shape index (κ2) is 23.0. The Bertz CT molecular complexity index is 699. The molecule has 0 unspecified atom stereocenters. The van der Waals surface area contributed by atoms with E-state index in [0.29, 0.717) is 0 Å². The fraction of sp³-hybridized carbons (Fsp3) is 1.00. The Labute approximate surface area is 287 Å². The van der Waals surface area contributed by atoms with Gasteiger partial charge < -0.3 is 75.3 Å². The Morgan fingerprint density at radius 2 is 0.553 bits per heavy atom. The van der Waals surface area contributed by atoms with Crippen molar-refractivity contribution < 1.29 is 0 Å². The van der Waals surface area contributed by atoms with Crippen LogP contribution >= 0.6 is 0 Å². The van der Waals surface area contributed by atoms with Crippen molar-refractivity contribution in [1.29, 1.82) is 0 Å². The van der Waals surface area contributed by atoms with Gasteiger partial charge in [-0.05, 0) is 12.8 Å². The molecule has 6 saturated heterocycles. The highest BCUT2D eigenvalue weighted by Gasteiger charge is 2.31. The van der Waals surface area contributed by atoms with Crippen molar-refractivity contribution in [3.63, 3.8) is 0 Å². The average molecular weight is 669 g/mol. The number of rotatable bonds is 3. The van der Waals surface area contributed by atoms with Crippen molar-refractivity contribution in [3.05, 3.63) is 0 Å². The third kappa shape index (κ3) is 16.3. The van der Waals surface area contributed by atoms with Gasteiger partial charge >= 0.3 is 0 Å². The summed E-state index contributed by atoms with van der Waals surface area (Å²) >= 11 is 0. The summed E-state index contributed by atoms with van der Waals surface area (Å²) in [5, 5.41) is 43.1. The standard InChI is InChI=1S/C17H39N7.C16H37N7/c1-2-3-16-10-19-4-7-22-13-17(18,14-23-8-5-20-11-16)15-24-9-6-21-12-16;1-2-15-9-18-3-6-21-12-16(17,13-22-7-4-19-10-15)14-23-8-5-20-11-15/h19-24H,2-15,18H2,1H3;18-23H,2-14,17H2,1H3. The van der Waals surface area contributed by atoms with E-state index in [1.165, 1.54) is 19.3 Å². The van der Waals surface area contributed by atoms with Gasteiger partial charge in [0, 0.05) is 168 Å². The predicted octanol–water partition coefficient (Wildman–Crippen LogP) is -4.32. The number of hydrogen-bond donors (Lipinski definition) is 14. The summed E-state index contributed by atoms with van der Waals surface area (Å²) in [6.45, 7) is 27.5. The van der Waals surface area contributed by atoms with E-state index in [0.717, 1.165) is 157 Å². The fourth-order valence-corrected chi connectivity index (χ4v) is 7.13. The minimum atomic E-state index is -0.250. The van der Waals surface area contributed by atoms with Crippen LogP contribution in [0.25, 0.3) is 0 Å². The van der Waals surface area contributed by atoms with Crippen LogP contribution in [0.15, 0.2) is 0 Å². The molecule has 0 radical (unpaired) electrons. The fourth-order valence-electron chi connectivity index (χ4n) is 7.13. The van der Waals surface area contributed by atoms with Crippen LogP contribution in [0.4, 0.5) is 0 Å². The number of nitrogens with one attached hydrogen (secondary N) is 12. The molecule has 0 aromatic heterocycles. The first-order valence-corrected chi connectivity index (χ1v) is 18.9. The lowest BCUT2D eigenvalue weighted by atomic mass is 9.82. The van der Waals surface area contributed by atoms with Crippen molar-refractivity contribution in [2.75, 3.05) is 157 Å². The van der Waals surface area contributed by atoms with E-state index < -0.39 is 0 Å². The number of nitrogens with two attached hydrogens (primary N) is 2. The van der Waals surface area contributed by atoms with E-state index in [4.69, 9.17) is 11.5 Å². The minimum Gasteiger partial charge on any atom is -0.322 e. The molecule has 6 rings (SSSR count). The molecule has 6 aliphatic heterocycles. The molecular formula is C33H76N14. The van der Waals surface area contributed by atoms with E-state index in [1.807, 2.05) is 0 Å². The van der Waals surface area contributed by atoms with Crippen LogP contribution in [0.1, 0.15) is 33.1 Å². The van der Waals surface area contributed by atoms with Gasteiger partial charge in [0.2, 0.25) is 0 Å². The van der Waals surface area contributed by atoms with Crippen LogP contribution in [0.3, 0.4) is 0 Å². The molecule has 16 N–H and O–H groups in total. The first kappa shape index (κ1) is 40.9. The Hall–Kier alpha value is -0.560. The lowest BCUT2D eigenvalue weighted by Gasteiger charge is -2.36. The molecule has 0 saturated carbocycles. The zero-order valence-corrected chi connectivity index (χ0v) is 30.2. The third-order valence-electron chi connectivity index (χ3n) is 10.3. The van der Waals surface area contributed by atoms with Gasteiger partial charge in [0.25, 0.3) is 0 Å². The Morgan fingerprint density at radius 3 is 0.766 bits per heavy atom. The molecule has 6 heterocycles. The second-order valence-corrected chi connectivity index (χ2v) is 14.9. The van der Waals surface area contributed by atoms with Gasteiger partial charge in [0.05, 0.1) is 11.1 Å². The molecule has 0 spiro atoms. The normalized spacial score (nSPS) is 35.7. The van der Waals surface area contributed by atoms with Crippen LogP contribution in [0, 0.1) is 10.8 Å². The summed E-state index contributed by atoms with van der Waals surface area (Å²) in [6.07, 6.45) is 3.62. The molecule has 0 atom stereocenters.